The van der Waals surface area contributed by atoms with E-state index < -0.39 is 12.1 Å². The van der Waals surface area contributed by atoms with Crippen LogP contribution in [0.2, 0.25) is 0 Å². The Morgan fingerprint density at radius 1 is 1.12 bits per heavy atom. The lowest BCUT2D eigenvalue weighted by molar-refractivity contribution is -0.173. The zero-order valence-corrected chi connectivity index (χ0v) is 9.28. The maximum Gasteiger partial charge on any atom is 0.471 e. The molecule has 0 fully saturated rings. The van der Waals surface area contributed by atoms with Gasteiger partial charge in [-0.15, -0.1) is 6.58 Å². The SMILES string of the molecule is C=CCCCCCCCNC(=O)C(F)(F)F. The molecule has 0 heterocycles. The van der Waals surface area contributed by atoms with Crippen LogP contribution in [0.25, 0.3) is 0 Å². The number of amides is 1. The standard InChI is InChI=1S/C11H18F3NO/c1-2-3-4-5-6-7-8-9-15-10(16)11(12,13)14/h2H,1,3-9H2,(H,15,16). The Morgan fingerprint density at radius 3 is 2.25 bits per heavy atom. The Morgan fingerprint density at radius 2 is 1.69 bits per heavy atom. The summed E-state index contributed by atoms with van der Waals surface area (Å²) >= 11 is 0. The highest BCUT2D eigenvalue weighted by Gasteiger charge is 2.37. The van der Waals surface area contributed by atoms with E-state index in [9.17, 15) is 18.0 Å². The lowest BCUT2D eigenvalue weighted by Crippen LogP contribution is -2.37. The second-order valence-corrected chi connectivity index (χ2v) is 3.60. The van der Waals surface area contributed by atoms with Crippen molar-refractivity contribution in [1.29, 1.82) is 0 Å². The number of alkyl halides is 3. The van der Waals surface area contributed by atoms with Crippen molar-refractivity contribution in [3.8, 4) is 0 Å². The molecule has 5 heteroatoms. The van der Waals surface area contributed by atoms with Crippen LogP contribution in [0.5, 0.6) is 0 Å². The summed E-state index contributed by atoms with van der Waals surface area (Å²) in [7, 11) is 0. The number of carbonyl (C=O) groups is 1. The average Bonchev–Trinajstić information content (AvgIpc) is 2.20. The van der Waals surface area contributed by atoms with Crippen molar-refractivity contribution in [2.75, 3.05) is 6.54 Å². The summed E-state index contributed by atoms with van der Waals surface area (Å²) in [6.45, 7) is 3.69. The zero-order chi connectivity index (χ0) is 12.4. The normalized spacial score (nSPS) is 11.2. The highest BCUT2D eigenvalue weighted by Crippen LogP contribution is 2.14. The number of hydrogen-bond acceptors (Lipinski definition) is 1. The first-order chi connectivity index (χ1) is 7.48. The number of unbranched alkanes of at least 4 members (excludes halogenated alkanes) is 5. The van der Waals surface area contributed by atoms with Crippen LogP contribution in [-0.2, 0) is 4.79 Å². The fourth-order valence-electron chi connectivity index (χ4n) is 1.25. The largest absolute Gasteiger partial charge is 0.471 e. The third kappa shape index (κ3) is 8.32. The highest BCUT2D eigenvalue weighted by molar-refractivity contribution is 5.81. The van der Waals surface area contributed by atoms with Gasteiger partial charge in [-0.25, -0.2) is 0 Å². The topological polar surface area (TPSA) is 29.1 Å². The van der Waals surface area contributed by atoms with E-state index in [2.05, 4.69) is 6.58 Å². The third-order valence-electron chi connectivity index (χ3n) is 2.13. The molecular formula is C11H18F3NO. The maximum absolute atomic E-state index is 11.7. The predicted molar refractivity (Wildman–Crippen MR) is 57.0 cm³/mol. The van der Waals surface area contributed by atoms with Crippen molar-refractivity contribution in [3.63, 3.8) is 0 Å². The minimum absolute atomic E-state index is 0.0970. The molecule has 1 amide bonds. The fraction of sp³-hybridized carbons (Fsp3) is 0.727. The Hall–Kier alpha value is -1.00. The molecule has 1 N–H and O–H groups in total. The molecule has 0 aromatic carbocycles. The summed E-state index contributed by atoms with van der Waals surface area (Å²) in [4.78, 5) is 10.4. The summed E-state index contributed by atoms with van der Waals surface area (Å²) in [5.41, 5.74) is 0. The first kappa shape index (κ1) is 15.0. The molecule has 0 aromatic rings. The molecule has 0 aliphatic rings. The summed E-state index contributed by atoms with van der Waals surface area (Å²) in [6.07, 6.45) is 2.61. The minimum Gasteiger partial charge on any atom is -0.348 e. The molecule has 0 rings (SSSR count). The van der Waals surface area contributed by atoms with E-state index in [0.717, 1.165) is 32.1 Å². The van der Waals surface area contributed by atoms with E-state index in [4.69, 9.17) is 0 Å². The lowest BCUT2D eigenvalue weighted by atomic mass is 10.1. The molecule has 2 nitrogen and oxygen atoms in total. The van der Waals surface area contributed by atoms with Crippen LogP contribution in [0.3, 0.4) is 0 Å². The van der Waals surface area contributed by atoms with Gasteiger partial charge in [-0.3, -0.25) is 4.79 Å². The zero-order valence-electron chi connectivity index (χ0n) is 9.28. The van der Waals surface area contributed by atoms with Gasteiger partial charge in [0.1, 0.15) is 0 Å². The van der Waals surface area contributed by atoms with Crippen molar-refractivity contribution in [1.82, 2.24) is 5.32 Å². The maximum atomic E-state index is 11.7. The molecule has 0 aromatic heterocycles. The van der Waals surface area contributed by atoms with E-state index in [-0.39, 0.29) is 6.54 Å². The number of hydrogen-bond donors (Lipinski definition) is 1. The van der Waals surface area contributed by atoms with Crippen LogP contribution in [0, 0.1) is 0 Å². The molecular weight excluding hydrogens is 219 g/mol. The van der Waals surface area contributed by atoms with Crippen molar-refractivity contribution < 1.29 is 18.0 Å². The van der Waals surface area contributed by atoms with Gasteiger partial charge in [0.15, 0.2) is 0 Å². The van der Waals surface area contributed by atoms with E-state index in [1.54, 1.807) is 0 Å². The van der Waals surface area contributed by atoms with Gasteiger partial charge in [0.2, 0.25) is 0 Å². The van der Waals surface area contributed by atoms with Crippen LogP contribution in [0.4, 0.5) is 13.2 Å². The monoisotopic (exact) mass is 237 g/mol. The number of carbonyl (C=O) groups excluding carboxylic acids is 1. The summed E-state index contributed by atoms with van der Waals surface area (Å²) in [5, 5.41) is 1.84. The van der Waals surface area contributed by atoms with Gasteiger partial charge in [-0.05, 0) is 19.3 Å². The van der Waals surface area contributed by atoms with Gasteiger partial charge in [0.05, 0.1) is 0 Å². The van der Waals surface area contributed by atoms with Gasteiger partial charge in [-0.2, -0.15) is 13.2 Å². The third-order valence-corrected chi connectivity index (χ3v) is 2.13. The molecule has 0 unspecified atom stereocenters. The first-order valence-corrected chi connectivity index (χ1v) is 5.44. The van der Waals surface area contributed by atoms with E-state index >= 15 is 0 Å². The van der Waals surface area contributed by atoms with E-state index in [1.165, 1.54) is 0 Å². The summed E-state index contributed by atoms with van der Waals surface area (Å²) in [5.74, 6) is -1.85. The second kappa shape index (κ2) is 8.19. The molecule has 94 valence electrons. The summed E-state index contributed by atoms with van der Waals surface area (Å²) in [6, 6.07) is 0. The van der Waals surface area contributed by atoms with Crippen LogP contribution in [0.1, 0.15) is 38.5 Å². The lowest BCUT2D eigenvalue weighted by Gasteiger charge is -2.07. The molecule has 0 bridgehead atoms. The minimum atomic E-state index is -4.76. The Kier molecular flexibility index (Phi) is 7.68. The number of allylic oxidation sites excluding steroid dienone is 1. The molecule has 0 atom stereocenters. The number of halogens is 3. The Labute approximate surface area is 93.9 Å². The van der Waals surface area contributed by atoms with Gasteiger partial charge in [-0.1, -0.05) is 25.3 Å². The molecule has 0 saturated carbocycles. The predicted octanol–water partition coefficient (Wildman–Crippen LogP) is 3.19. The van der Waals surface area contributed by atoms with Crippen LogP contribution < -0.4 is 5.32 Å². The van der Waals surface area contributed by atoms with Crippen LogP contribution in [0.15, 0.2) is 12.7 Å². The number of nitrogens with one attached hydrogen (secondary N) is 1. The van der Waals surface area contributed by atoms with Crippen molar-refractivity contribution in [2.45, 2.75) is 44.7 Å². The van der Waals surface area contributed by atoms with Gasteiger partial charge in [0, 0.05) is 6.54 Å². The first-order valence-electron chi connectivity index (χ1n) is 5.44. The summed E-state index contributed by atoms with van der Waals surface area (Å²) < 4.78 is 35.2. The van der Waals surface area contributed by atoms with Crippen molar-refractivity contribution in [3.05, 3.63) is 12.7 Å². The van der Waals surface area contributed by atoms with E-state index in [1.807, 2.05) is 11.4 Å². The second-order valence-electron chi connectivity index (χ2n) is 3.60. The van der Waals surface area contributed by atoms with Gasteiger partial charge in [0.25, 0.3) is 0 Å². The van der Waals surface area contributed by atoms with Crippen molar-refractivity contribution >= 4 is 5.91 Å². The molecule has 0 saturated heterocycles. The average molecular weight is 237 g/mol. The molecule has 0 aliphatic heterocycles. The smallest absolute Gasteiger partial charge is 0.348 e. The van der Waals surface area contributed by atoms with Crippen LogP contribution in [-0.4, -0.2) is 18.6 Å². The Balaban J connectivity index is 3.27. The molecule has 0 spiro atoms. The molecule has 16 heavy (non-hydrogen) atoms. The van der Waals surface area contributed by atoms with Gasteiger partial charge >= 0.3 is 12.1 Å². The van der Waals surface area contributed by atoms with E-state index in [0.29, 0.717) is 6.42 Å². The van der Waals surface area contributed by atoms with Crippen molar-refractivity contribution in [2.24, 2.45) is 0 Å². The quantitative estimate of drug-likeness (QED) is 0.510. The highest BCUT2D eigenvalue weighted by atomic mass is 19.4. The molecule has 0 aliphatic carbocycles. The molecule has 0 radical (unpaired) electrons. The van der Waals surface area contributed by atoms with Crippen LogP contribution >= 0.6 is 0 Å². The Bertz CT molecular complexity index is 214. The number of rotatable bonds is 8. The van der Waals surface area contributed by atoms with Gasteiger partial charge < -0.3 is 5.32 Å². The fourth-order valence-corrected chi connectivity index (χ4v) is 1.25.